The first-order chi connectivity index (χ1) is 11.5. The van der Waals surface area contributed by atoms with Crippen LogP contribution in [0.2, 0.25) is 0 Å². The molecule has 2 heteroatoms. The van der Waals surface area contributed by atoms with Gasteiger partial charge in [-0.15, -0.1) is 0 Å². The fourth-order valence-electron chi connectivity index (χ4n) is 2.65. The molecule has 0 atom stereocenters. The highest BCUT2D eigenvalue weighted by molar-refractivity contribution is 6.00. The van der Waals surface area contributed by atoms with Crippen molar-refractivity contribution >= 4 is 11.6 Å². The highest BCUT2D eigenvalue weighted by Crippen LogP contribution is 2.23. The fourth-order valence-corrected chi connectivity index (χ4v) is 2.65. The van der Waals surface area contributed by atoms with Crippen molar-refractivity contribution in [2.75, 3.05) is 0 Å². The van der Waals surface area contributed by atoms with Crippen LogP contribution in [0.5, 0.6) is 0 Å². The molecule has 0 saturated heterocycles. The molecule has 0 unspecified atom stereocenters. The van der Waals surface area contributed by atoms with Crippen LogP contribution in [-0.4, -0.2) is 11.6 Å². The summed E-state index contributed by atoms with van der Waals surface area (Å²) < 4.78 is 0. The average Bonchev–Trinajstić information content (AvgIpc) is 2.53. The summed E-state index contributed by atoms with van der Waals surface area (Å²) in [6.07, 6.45) is 0.786. The summed E-state index contributed by atoms with van der Waals surface area (Å²) in [6, 6.07) is 15.6. The third kappa shape index (κ3) is 4.88. The van der Waals surface area contributed by atoms with E-state index in [1.165, 1.54) is 0 Å². The van der Waals surface area contributed by atoms with Crippen molar-refractivity contribution in [1.82, 2.24) is 0 Å². The Morgan fingerprint density at radius 2 is 0.880 bits per heavy atom. The molecule has 0 fully saturated rings. The van der Waals surface area contributed by atoms with Crippen molar-refractivity contribution in [3.63, 3.8) is 0 Å². The second-order valence-corrected chi connectivity index (χ2v) is 8.73. The summed E-state index contributed by atoms with van der Waals surface area (Å²) in [5.41, 5.74) is 3.08. The van der Waals surface area contributed by atoms with E-state index in [4.69, 9.17) is 0 Å². The molecule has 0 N–H and O–H groups in total. The molecular formula is C23H28O2. The lowest BCUT2D eigenvalue weighted by molar-refractivity contribution is 0.0852. The van der Waals surface area contributed by atoms with Gasteiger partial charge in [0.05, 0.1) is 0 Å². The Balaban J connectivity index is 2.10. The lowest BCUT2D eigenvalue weighted by Crippen LogP contribution is -2.20. The van der Waals surface area contributed by atoms with E-state index >= 15 is 0 Å². The maximum atomic E-state index is 12.3. The van der Waals surface area contributed by atoms with Crippen molar-refractivity contribution in [1.29, 1.82) is 0 Å². The van der Waals surface area contributed by atoms with Crippen LogP contribution in [0, 0.1) is 10.8 Å². The SMILES string of the molecule is CC(C)(C)C(=O)c1ccc(Cc2ccc(C(=O)C(C)(C)C)cc2)cc1. The zero-order valence-corrected chi connectivity index (χ0v) is 16.1. The summed E-state index contributed by atoms with van der Waals surface area (Å²) in [7, 11) is 0. The van der Waals surface area contributed by atoms with Gasteiger partial charge in [-0.1, -0.05) is 90.1 Å². The number of Topliss-reactive ketones (excluding diaryl/α,β-unsaturated/α-hetero) is 2. The van der Waals surface area contributed by atoms with Crippen LogP contribution >= 0.6 is 0 Å². The first-order valence-electron chi connectivity index (χ1n) is 8.76. The van der Waals surface area contributed by atoms with Crippen molar-refractivity contribution in [2.24, 2.45) is 10.8 Å². The minimum Gasteiger partial charge on any atom is -0.294 e. The van der Waals surface area contributed by atoms with E-state index in [0.717, 1.165) is 28.7 Å². The first kappa shape index (κ1) is 19.1. The van der Waals surface area contributed by atoms with Crippen LogP contribution in [0.15, 0.2) is 48.5 Å². The molecule has 2 aromatic rings. The molecule has 0 aliphatic heterocycles. The molecule has 2 nitrogen and oxygen atoms in total. The molecule has 0 aliphatic rings. The second-order valence-electron chi connectivity index (χ2n) is 8.73. The number of rotatable bonds is 4. The van der Waals surface area contributed by atoms with E-state index in [9.17, 15) is 9.59 Å². The van der Waals surface area contributed by atoms with Crippen LogP contribution < -0.4 is 0 Å². The highest BCUT2D eigenvalue weighted by Gasteiger charge is 2.23. The third-order valence-corrected chi connectivity index (χ3v) is 4.20. The van der Waals surface area contributed by atoms with Crippen LogP contribution in [0.25, 0.3) is 0 Å². The molecule has 0 aromatic heterocycles. The average molecular weight is 336 g/mol. The fraction of sp³-hybridized carbons (Fsp3) is 0.391. The predicted octanol–water partition coefficient (Wildman–Crippen LogP) is 5.74. The smallest absolute Gasteiger partial charge is 0.168 e. The number of carbonyl (C=O) groups excluding carboxylic acids is 2. The zero-order valence-electron chi connectivity index (χ0n) is 16.1. The van der Waals surface area contributed by atoms with Gasteiger partial charge >= 0.3 is 0 Å². The van der Waals surface area contributed by atoms with E-state index in [2.05, 4.69) is 0 Å². The van der Waals surface area contributed by atoms with Gasteiger partial charge in [0.2, 0.25) is 0 Å². The van der Waals surface area contributed by atoms with Crippen molar-refractivity contribution in [3.05, 3.63) is 70.8 Å². The number of hydrogen-bond donors (Lipinski definition) is 0. The number of benzene rings is 2. The van der Waals surface area contributed by atoms with Crippen LogP contribution in [0.4, 0.5) is 0 Å². The van der Waals surface area contributed by atoms with Gasteiger partial charge in [0.25, 0.3) is 0 Å². The minimum atomic E-state index is -0.364. The number of ketones is 2. The van der Waals surface area contributed by atoms with Gasteiger partial charge in [0.15, 0.2) is 11.6 Å². The summed E-state index contributed by atoms with van der Waals surface area (Å²) >= 11 is 0. The first-order valence-corrected chi connectivity index (χ1v) is 8.76. The molecule has 132 valence electrons. The molecule has 0 heterocycles. The monoisotopic (exact) mass is 336 g/mol. The highest BCUT2D eigenvalue weighted by atomic mass is 16.1. The molecule has 2 aromatic carbocycles. The van der Waals surface area contributed by atoms with Crippen LogP contribution in [0.1, 0.15) is 73.4 Å². The van der Waals surface area contributed by atoms with Gasteiger partial charge in [-0.25, -0.2) is 0 Å². The molecule has 0 amide bonds. The molecular weight excluding hydrogens is 308 g/mol. The largest absolute Gasteiger partial charge is 0.294 e. The van der Waals surface area contributed by atoms with Crippen molar-refractivity contribution in [3.8, 4) is 0 Å². The summed E-state index contributed by atoms with van der Waals surface area (Å²) in [6.45, 7) is 11.6. The van der Waals surface area contributed by atoms with E-state index in [1.807, 2.05) is 90.1 Å². The maximum Gasteiger partial charge on any atom is 0.168 e. The number of hydrogen-bond acceptors (Lipinski definition) is 2. The van der Waals surface area contributed by atoms with E-state index in [-0.39, 0.29) is 22.4 Å². The summed E-state index contributed by atoms with van der Waals surface area (Å²) in [4.78, 5) is 24.6. The normalized spacial score (nSPS) is 12.1. The van der Waals surface area contributed by atoms with Crippen molar-refractivity contribution < 1.29 is 9.59 Å². The maximum absolute atomic E-state index is 12.3. The molecule has 2 rings (SSSR count). The predicted molar refractivity (Wildman–Crippen MR) is 103 cm³/mol. The van der Waals surface area contributed by atoms with E-state index < -0.39 is 0 Å². The van der Waals surface area contributed by atoms with E-state index in [0.29, 0.717) is 0 Å². The van der Waals surface area contributed by atoms with Crippen LogP contribution in [-0.2, 0) is 6.42 Å². The third-order valence-electron chi connectivity index (χ3n) is 4.20. The quantitative estimate of drug-likeness (QED) is 0.668. The zero-order chi connectivity index (χ0) is 18.8. The lowest BCUT2D eigenvalue weighted by Gasteiger charge is -2.17. The Hall–Kier alpha value is -2.22. The molecule has 0 spiro atoms. The van der Waals surface area contributed by atoms with Gasteiger partial charge in [0, 0.05) is 22.0 Å². The summed E-state index contributed by atoms with van der Waals surface area (Å²) in [5.74, 6) is 0.313. The van der Waals surface area contributed by atoms with Gasteiger partial charge in [-0.3, -0.25) is 9.59 Å². The Kier molecular flexibility index (Phi) is 5.31. The Bertz CT molecular complexity index is 684. The van der Waals surface area contributed by atoms with Gasteiger partial charge < -0.3 is 0 Å². The van der Waals surface area contributed by atoms with Gasteiger partial charge in [-0.2, -0.15) is 0 Å². The molecule has 0 radical (unpaired) electrons. The Morgan fingerprint density at radius 1 is 0.600 bits per heavy atom. The molecule has 25 heavy (non-hydrogen) atoms. The summed E-state index contributed by atoms with van der Waals surface area (Å²) in [5, 5.41) is 0. The second kappa shape index (κ2) is 6.95. The standard InChI is InChI=1S/C23H28O2/c1-22(2,3)20(24)18-11-7-16(8-12-18)15-17-9-13-19(14-10-17)21(25)23(4,5)6/h7-14H,15H2,1-6H3. The molecule has 0 bridgehead atoms. The topological polar surface area (TPSA) is 34.1 Å². The molecule has 0 saturated carbocycles. The van der Waals surface area contributed by atoms with E-state index in [1.54, 1.807) is 0 Å². The molecule has 0 aliphatic carbocycles. The van der Waals surface area contributed by atoms with Gasteiger partial charge in [-0.05, 0) is 17.5 Å². The Morgan fingerprint density at radius 3 is 1.12 bits per heavy atom. The van der Waals surface area contributed by atoms with Gasteiger partial charge in [0.1, 0.15) is 0 Å². The van der Waals surface area contributed by atoms with Crippen LogP contribution in [0.3, 0.4) is 0 Å². The van der Waals surface area contributed by atoms with Crippen molar-refractivity contribution in [2.45, 2.75) is 48.0 Å². The number of carbonyl (C=O) groups is 2. The minimum absolute atomic E-state index is 0.157. The lowest BCUT2D eigenvalue weighted by atomic mass is 9.85. The Labute approximate surface area is 151 Å².